The number of ether oxygens (including phenoxy) is 1. The molecule has 0 amide bonds. The van der Waals surface area contributed by atoms with E-state index >= 15 is 0 Å². The van der Waals surface area contributed by atoms with Gasteiger partial charge in [0.2, 0.25) is 0 Å². The molecule has 0 fully saturated rings. The summed E-state index contributed by atoms with van der Waals surface area (Å²) in [6.45, 7) is 0. The van der Waals surface area contributed by atoms with Gasteiger partial charge >= 0.3 is 0 Å². The highest BCUT2D eigenvalue weighted by molar-refractivity contribution is 5.83. The number of nitriles is 1. The molecule has 0 bridgehead atoms. The van der Waals surface area contributed by atoms with E-state index in [2.05, 4.69) is 4.98 Å². The predicted molar refractivity (Wildman–Crippen MR) is 92.4 cm³/mol. The maximum absolute atomic E-state index is 13.6. The zero-order valence-electron chi connectivity index (χ0n) is 13.6. The zero-order valence-corrected chi connectivity index (χ0v) is 13.6. The number of halogens is 2. The minimum atomic E-state index is -0.763. The van der Waals surface area contributed by atoms with Crippen molar-refractivity contribution in [2.75, 3.05) is 12.8 Å². The fourth-order valence-electron chi connectivity index (χ4n) is 2.65. The number of rotatable bonds is 3. The molecule has 0 atom stereocenters. The van der Waals surface area contributed by atoms with E-state index in [-0.39, 0.29) is 28.4 Å². The Bertz CT molecular complexity index is 1030. The third kappa shape index (κ3) is 3.13. The molecule has 26 heavy (non-hydrogen) atoms. The molecule has 0 spiro atoms. The number of phenols is 1. The van der Waals surface area contributed by atoms with Crippen molar-refractivity contribution in [3.8, 4) is 40.0 Å². The summed E-state index contributed by atoms with van der Waals surface area (Å²) in [6.07, 6.45) is 0. The lowest BCUT2D eigenvalue weighted by atomic mass is 9.97. The van der Waals surface area contributed by atoms with Gasteiger partial charge in [-0.3, -0.25) is 0 Å². The van der Waals surface area contributed by atoms with E-state index in [1.165, 1.54) is 31.4 Å². The molecule has 0 saturated heterocycles. The Balaban J connectivity index is 2.31. The van der Waals surface area contributed by atoms with Crippen LogP contribution in [0, 0.1) is 23.0 Å². The molecule has 1 aromatic heterocycles. The van der Waals surface area contributed by atoms with Crippen LogP contribution in [0.25, 0.3) is 22.4 Å². The standard InChI is InChI=1S/C19H13F2N3O2/c1-26-18-3-2-13(25)7-15(18)14-8-17(24-19(23)16(14)9-22)10-4-11(20)6-12(21)5-10/h2-8,25H,1H3,(H2,23,24). The molecule has 0 aliphatic heterocycles. The maximum atomic E-state index is 13.6. The molecule has 0 aliphatic rings. The first-order valence-electron chi connectivity index (χ1n) is 7.47. The molecule has 3 rings (SSSR count). The molecule has 2 aromatic carbocycles. The van der Waals surface area contributed by atoms with E-state index in [0.717, 1.165) is 18.2 Å². The van der Waals surface area contributed by atoms with Gasteiger partial charge in [0.05, 0.1) is 12.8 Å². The van der Waals surface area contributed by atoms with E-state index in [1.807, 2.05) is 6.07 Å². The number of nitrogens with zero attached hydrogens (tertiary/aromatic N) is 2. The number of aromatic hydroxyl groups is 1. The molecular formula is C19H13F2N3O2. The first-order chi connectivity index (χ1) is 12.4. The molecule has 0 radical (unpaired) electrons. The van der Waals surface area contributed by atoms with E-state index in [9.17, 15) is 19.1 Å². The molecule has 5 nitrogen and oxygen atoms in total. The highest BCUT2D eigenvalue weighted by Crippen LogP contribution is 2.38. The fourth-order valence-corrected chi connectivity index (χ4v) is 2.65. The third-order valence-electron chi connectivity index (χ3n) is 3.79. The topological polar surface area (TPSA) is 92.2 Å². The van der Waals surface area contributed by atoms with Crippen LogP contribution in [0.5, 0.6) is 11.5 Å². The molecule has 0 unspecified atom stereocenters. The summed E-state index contributed by atoms with van der Waals surface area (Å²) in [4.78, 5) is 4.08. The molecule has 3 aromatic rings. The number of pyridine rings is 1. The Morgan fingerprint density at radius 2 is 1.77 bits per heavy atom. The number of nitrogen functional groups attached to an aromatic ring is 1. The number of aromatic nitrogens is 1. The van der Waals surface area contributed by atoms with Crippen LogP contribution < -0.4 is 10.5 Å². The van der Waals surface area contributed by atoms with Gasteiger partial charge in [0.1, 0.15) is 40.6 Å². The van der Waals surface area contributed by atoms with Crippen molar-refractivity contribution >= 4 is 5.82 Å². The lowest BCUT2D eigenvalue weighted by Crippen LogP contribution is -2.01. The largest absolute Gasteiger partial charge is 0.508 e. The lowest BCUT2D eigenvalue weighted by molar-refractivity contribution is 0.414. The van der Waals surface area contributed by atoms with Crippen LogP contribution in [0.1, 0.15) is 5.56 Å². The number of anilines is 1. The van der Waals surface area contributed by atoms with Crippen molar-refractivity contribution in [2.24, 2.45) is 0 Å². The first-order valence-corrected chi connectivity index (χ1v) is 7.47. The van der Waals surface area contributed by atoms with Gasteiger partial charge in [-0.25, -0.2) is 13.8 Å². The summed E-state index contributed by atoms with van der Waals surface area (Å²) in [5.74, 6) is -1.28. The van der Waals surface area contributed by atoms with Gasteiger partial charge < -0.3 is 15.6 Å². The third-order valence-corrected chi connectivity index (χ3v) is 3.79. The minimum Gasteiger partial charge on any atom is -0.508 e. The second kappa shape index (κ2) is 6.69. The van der Waals surface area contributed by atoms with Crippen molar-refractivity contribution in [1.29, 1.82) is 5.26 Å². The second-order valence-corrected chi connectivity index (χ2v) is 5.47. The van der Waals surface area contributed by atoms with Crippen molar-refractivity contribution in [2.45, 2.75) is 0 Å². The summed E-state index contributed by atoms with van der Waals surface area (Å²) < 4.78 is 32.4. The van der Waals surface area contributed by atoms with Gasteiger partial charge in [-0.05, 0) is 36.4 Å². The number of hydrogen-bond donors (Lipinski definition) is 2. The van der Waals surface area contributed by atoms with E-state index in [4.69, 9.17) is 10.5 Å². The monoisotopic (exact) mass is 353 g/mol. The normalized spacial score (nSPS) is 10.4. The number of phenolic OH excluding ortho intramolecular Hbond substituents is 1. The lowest BCUT2D eigenvalue weighted by Gasteiger charge is -2.13. The Morgan fingerprint density at radius 3 is 2.38 bits per heavy atom. The number of benzene rings is 2. The van der Waals surface area contributed by atoms with Gasteiger partial charge in [-0.2, -0.15) is 5.26 Å². The van der Waals surface area contributed by atoms with Crippen molar-refractivity contribution in [1.82, 2.24) is 4.98 Å². The Morgan fingerprint density at radius 1 is 1.08 bits per heavy atom. The Hall–Kier alpha value is -3.66. The Kier molecular flexibility index (Phi) is 4.42. The van der Waals surface area contributed by atoms with Crippen molar-refractivity contribution < 1.29 is 18.6 Å². The number of methoxy groups -OCH3 is 1. The second-order valence-electron chi connectivity index (χ2n) is 5.47. The number of hydrogen-bond acceptors (Lipinski definition) is 5. The molecule has 0 aliphatic carbocycles. The van der Waals surface area contributed by atoms with Crippen LogP contribution in [0.15, 0.2) is 42.5 Å². The average Bonchev–Trinajstić information content (AvgIpc) is 2.60. The molecule has 0 saturated carbocycles. The van der Waals surface area contributed by atoms with Gasteiger partial charge in [0, 0.05) is 22.8 Å². The summed E-state index contributed by atoms with van der Waals surface area (Å²) in [6, 6.07) is 10.8. The fraction of sp³-hybridized carbons (Fsp3) is 0.0526. The van der Waals surface area contributed by atoms with Gasteiger partial charge in [-0.1, -0.05) is 0 Å². The summed E-state index contributed by atoms with van der Waals surface area (Å²) >= 11 is 0. The average molecular weight is 353 g/mol. The van der Waals surface area contributed by atoms with E-state index < -0.39 is 11.6 Å². The van der Waals surface area contributed by atoms with Crippen LogP contribution in [0.4, 0.5) is 14.6 Å². The van der Waals surface area contributed by atoms with Gasteiger partial charge in [0.15, 0.2) is 0 Å². The smallest absolute Gasteiger partial charge is 0.142 e. The maximum Gasteiger partial charge on any atom is 0.142 e. The minimum absolute atomic E-state index is 0.0431. The van der Waals surface area contributed by atoms with Crippen molar-refractivity contribution in [3.63, 3.8) is 0 Å². The van der Waals surface area contributed by atoms with Gasteiger partial charge in [0.25, 0.3) is 0 Å². The highest BCUT2D eigenvalue weighted by Gasteiger charge is 2.17. The van der Waals surface area contributed by atoms with Crippen LogP contribution in [-0.2, 0) is 0 Å². The van der Waals surface area contributed by atoms with Gasteiger partial charge in [-0.15, -0.1) is 0 Å². The van der Waals surface area contributed by atoms with Crippen LogP contribution in [-0.4, -0.2) is 17.2 Å². The van der Waals surface area contributed by atoms with Crippen LogP contribution in [0.3, 0.4) is 0 Å². The van der Waals surface area contributed by atoms with E-state index in [0.29, 0.717) is 16.9 Å². The Labute approximate surface area is 147 Å². The summed E-state index contributed by atoms with van der Waals surface area (Å²) in [7, 11) is 1.44. The summed E-state index contributed by atoms with van der Waals surface area (Å²) in [5, 5.41) is 19.3. The summed E-state index contributed by atoms with van der Waals surface area (Å²) in [5.41, 5.74) is 7.03. The van der Waals surface area contributed by atoms with Crippen molar-refractivity contribution in [3.05, 3.63) is 59.7 Å². The van der Waals surface area contributed by atoms with Crippen LogP contribution >= 0.6 is 0 Å². The molecule has 1 heterocycles. The van der Waals surface area contributed by atoms with Crippen LogP contribution in [0.2, 0.25) is 0 Å². The SMILES string of the molecule is COc1ccc(O)cc1-c1cc(-c2cc(F)cc(F)c2)nc(N)c1C#N. The zero-order chi connectivity index (χ0) is 18.8. The predicted octanol–water partition coefficient (Wildman–Crippen LogP) is 3.86. The number of nitrogens with two attached hydrogens (primary N) is 1. The molecule has 130 valence electrons. The first kappa shape index (κ1) is 17.2. The molecule has 7 heteroatoms. The molecular weight excluding hydrogens is 340 g/mol. The molecule has 3 N–H and O–H groups in total. The quantitative estimate of drug-likeness (QED) is 0.746. The highest BCUT2D eigenvalue weighted by atomic mass is 19.1. The van der Waals surface area contributed by atoms with E-state index in [1.54, 1.807) is 0 Å².